The fourth-order valence-electron chi connectivity index (χ4n) is 3.47. The zero-order valence-electron chi connectivity index (χ0n) is 12.9. The van der Waals surface area contributed by atoms with E-state index in [1.165, 1.54) is 0 Å². The molecule has 0 bridgehead atoms. The second-order valence-corrected chi connectivity index (χ2v) is 7.03. The number of carbonyl (C=O) groups is 1. The fourth-order valence-corrected chi connectivity index (χ4v) is 3.77. The van der Waals surface area contributed by atoms with Gasteiger partial charge in [-0.1, -0.05) is 0 Å². The lowest BCUT2D eigenvalue weighted by Gasteiger charge is -2.41. The maximum Gasteiger partial charge on any atom is 0.254 e. The van der Waals surface area contributed by atoms with E-state index < -0.39 is 5.60 Å². The van der Waals surface area contributed by atoms with E-state index in [0.717, 1.165) is 56.3 Å². The summed E-state index contributed by atoms with van der Waals surface area (Å²) in [7, 11) is 1.66. The van der Waals surface area contributed by atoms with Gasteiger partial charge in [-0.3, -0.25) is 9.48 Å². The Morgan fingerprint density at radius 1 is 1.41 bits per heavy atom. The van der Waals surface area contributed by atoms with Gasteiger partial charge in [0, 0.05) is 26.4 Å². The smallest absolute Gasteiger partial charge is 0.254 e. The molecule has 0 unspecified atom stereocenters. The van der Waals surface area contributed by atoms with Gasteiger partial charge in [-0.15, -0.1) is 0 Å². The number of likely N-dealkylation sites (tertiary alicyclic amines) is 1. The van der Waals surface area contributed by atoms with E-state index in [2.05, 4.69) is 26.3 Å². The van der Waals surface area contributed by atoms with Gasteiger partial charge in [0.25, 0.3) is 5.91 Å². The van der Waals surface area contributed by atoms with Crippen molar-refractivity contribution in [1.29, 1.82) is 0 Å². The molecule has 7 heteroatoms. The predicted molar refractivity (Wildman–Crippen MR) is 86.6 cm³/mol. The van der Waals surface area contributed by atoms with E-state index in [4.69, 9.17) is 4.74 Å². The normalized spacial score (nSPS) is 22.7. The van der Waals surface area contributed by atoms with E-state index in [9.17, 15) is 4.79 Å². The van der Waals surface area contributed by atoms with Gasteiger partial charge in [0.15, 0.2) is 0 Å². The number of hydrogen-bond acceptors (Lipinski definition) is 4. The zero-order chi connectivity index (χ0) is 15.6. The highest BCUT2D eigenvalue weighted by Crippen LogP contribution is 2.29. The van der Waals surface area contributed by atoms with Crippen molar-refractivity contribution in [2.75, 3.05) is 33.3 Å². The molecule has 1 aromatic rings. The molecule has 0 spiro atoms. The second kappa shape index (κ2) is 6.68. The third-order valence-corrected chi connectivity index (χ3v) is 5.30. The van der Waals surface area contributed by atoms with Gasteiger partial charge in [-0.05, 0) is 54.7 Å². The zero-order valence-corrected chi connectivity index (χ0v) is 14.5. The summed E-state index contributed by atoms with van der Waals surface area (Å²) in [5, 5.41) is 7.66. The molecule has 3 rings (SSSR count). The highest BCUT2D eigenvalue weighted by Gasteiger charge is 2.43. The first kappa shape index (κ1) is 16.0. The number of nitrogens with one attached hydrogen (secondary N) is 1. The first-order chi connectivity index (χ1) is 10.6. The number of aromatic nitrogens is 2. The Morgan fingerprint density at radius 2 is 2.09 bits per heavy atom. The Hall–Kier alpha value is -0.920. The molecule has 1 N–H and O–H groups in total. The molecule has 2 fully saturated rings. The van der Waals surface area contributed by atoms with E-state index in [1.54, 1.807) is 7.11 Å². The van der Waals surface area contributed by atoms with Crippen LogP contribution in [0.5, 0.6) is 0 Å². The first-order valence-corrected chi connectivity index (χ1v) is 8.69. The Kier molecular flexibility index (Phi) is 4.84. The lowest BCUT2D eigenvalue weighted by Crippen LogP contribution is -2.56. The third-order valence-electron chi connectivity index (χ3n) is 4.89. The van der Waals surface area contributed by atoms with Crippen LogP contribution in [0.25, 0.3) is 0 Å². The highest BCUT2D eigenvalue weighted by molar-refractivity contribution is 9.10. The average Bonchev–Trinajstić information content (AvgIpc) is 3.01. The van der Waals surface area contributed by atoms with Crippen molar-refractivity contribution in [2.45, 2.75) is 37.3 Å². The summed E-state index contributed by atoms with van der Waals surface area (Å²) < 4.78 is 8.66. The molecule has 0 aromatic carbocycles. The van der Waals surface area contributed by atoms with Gasteiger partial charge in [-0.2, -0.15) is 5.10 Å². The van der Waals surface area contributed by atoms with E-state index >= 15 is 0 Å². The Balaban J connectivity index is 1.61. The number of methoxy groups -OCH3 is 1. The molecule has 0 radical (unpaired) electrons. The third kappa shape index (κ3) is 3.07. The van der Waals surface area contributed by atoms with Crippen LogP contribution < -0.4 is 5.32 Å². The summed E-state index contributed by atoms with van der Waals surface area (Å²) in [5.41, 5.74) is -0.618. The summed E-state index contributed by atoms with van der Waals surface area (Å²) in [4.78, 5) is 14.9. The summed E-state index contributed by atoms with van der Waals surface area (Å²) in [5.74, 6) is 0.164. The van der Waals surface area contributed by atoms with Crippen molar-refractivity contribution < 1.29 is 9.53 Å². The van der Waals surface area contributed by atoms with Crippen LogP contribution in [-0.2, 0) is 9.53 Å². The summed E-state index contributed by atoms with van der Waals surface area (Å²) in [6, 6.07) is 0.377. The monoisotopic (exact) mass is 370 g/mol. The van der Waals surface area contributed by atoms with E-state index in [-0.39, 0.29) is 5.91 Å². The van der Waals surface area contributed by atoms with Gasteiger partial charge in [-0.25, -0.2) is 0 Å². The molecule has 1 aromatic heterocycles. The maximum absolute atomic E-state index is 12.9. The Labute approximate surface area is 139 Å². The first-order valence-electron chi connectivity index (χ1n) is 7.89. The van der Waals surface area contributed by atoms with Crippen LogP contribution >= 0.6 is 15.9 Å². The van der Waals surface area contributed by atoms with Crippen molar-refractivity contribution in [1.82, 2.24) is 20.0 Å². The molecular formula is C15H23BrN4O2. The number of piperidine rings is 2. The van der Waals surface area contributed by atoms with Gasteiger partial charge >= 0.3 is 0 Å². The molecule has 6 nitrogen and oxygen atoms in total. The van der Waals surface area contributed by atoms with E-state index in [0.29, 0.717) is 6.04 Å². The van der Waals surface area contributed by atoms with Crippen LogP contribution in [-0.4, -0.2) is 59.5 Å². The second-order valence-electron chi connectivity index (χ2n) is 6.11. The number of carbonyl (C=O) groups excluding carboxylic acids is 1. The number of ether oxygens (including phenoxy) is 1. The number of amides is 1. The number of rotatable bonds is 3. The molecule has 1 amide bonds. The van der Waals surface area contributed by atoms with Gasteiger partial charge < -0.3 is 15.0 Å². The van der Waals surface area contributed by atoms with Crippen molar-refractivity contribution >= 4 is 21.8 Å². The van der Waals surface area contributed by atoms with Crippen LogP contribution in [0, 0.1) is 0 Å². The maximum atomic E-state index is 12.9. The molecule has 22 heavy (non-hydrogen) atoms. The topological polar surface area (TPSA) is 59.4 Å². The van der Waals surface area contributed by atoms with Crippen LogP contribution in [0.2, 0.25) is 0 Å². The SMILES string of the molecule is COC1(C(=O)N2CCC(n3cc(Br)cn3)CC2)CCNCC1. The summed E-state index contributed by atoms with van der Waals surface area (Å²) in [6.45, 7) is 3.24. The van der Waals surface area contributed by atoms with Gasteiger partial charge in [0.1, 0.15) is 5.60 Å². The number of halogens is 1. The van der Waals surface area contributed by atoms with Crippen molar-refractivity contribution in [2.24, 2.45) is 0 Å². The minimum absolute atomic E-state index is 0.164. The number of nitrogens with zero attached hydrogens (tertiary/aromatic N) is 3. The molecule has 3 heterocycles. The quantitative estimate of drug-likeness (QED) is 0.877. The fraction of sp³-hybridized carbons (Fsp3) is 0.733. The molecule has 0 atom stereocenters. The Bertz CT molecular complexity index is 519. The minimum Gasteiger partial charge on any atom is -0.368 e. The molecule has 0 saturated carbocycles. The van der Waals surface area contributed by atoms with Crippen LogP contribution in [0.4, 0.5) is 0 Å². The number of hydrogen-bond donors (Lipinski definition) is 1. The standard InChI is InChI=1S/C15H23BrN4O2/c1-22-15(4-6-17-7-5-15)14(21)19-8-2-13(3-9-19)20-11-12(16)10-18-20/h10-11,13,17H,2-9H2,1H3. The minimum atomic E-state index is -0.618. The molecule has 0 aliphatic carbocycles. The lowest BCUT2D eigenvalue weighted by molar-refractivity contribution is -0.159. The van der Waals surface area contributed by atoms with Crippen molar-refractivity contribution in [3.63, 3.8) is 0 Å². The lowest BCUT2D eigenvalue weighted by atomic mass is 9.89. The Morgan fingerprint density at radius 3 is 2.64 bits per heavy atom. The van der Waals surface area contributed by atoms with Gasteiger partial charge in [0.2, 0.25) is 0 Å². The molecule has 2 aliphatic rings. The molecular weight excluding hydrogens is 348 g/mol. The van der Waals surface area contributed by atoms with E-state index in [1.807, 2.05) is 22.0 Å². The van der Waals surface area contributed by atoms with Crippen molar-refractivity contribution in [3.8, 4) is 0 Å². The average molecular weight is 371 g/mol. The van der Waals surface area contributed by atoms with Crippen LogP contribution in [0.1, 0.15) is 31.7 Å². The largest absolute Gasteiger partial charge is 0.368 e. The summed E-state index contributed by atoms with van der Waals surface area (Å²) in [6.07, 6.45) is 7.22. The molecule has 122 valence electrons. The molecule has 2 aliphatic heterocycles. The molecule has 2 saturated heterocycles. The van der Waals surface area contributed by atoms with Gasteiger partial charge in [0.05, 0.1) is 16.7 Å². The van der Waals surface area contributed by atoms with Crippen LogP contribution in [0.15, 0.2) is 16.9 Å². The van der Waals surface area contributed by atoms with Crippen LogP contribution in [0.3, 0.4) is 0 Å². The van der Waals surface area contributed by atoms with Crippen molar-refractivity contribution in [3.05, 3.63) is 16.9 Å². The predicted octanol–water partition coefficient (Wildman–Crippen LogP) is 1.58. The summed E-state index contributed by atoms with van der Waals surface area (Å²) >= 11 is 3.43. The highest BCUT2D eigenvalue weighted by atomic mass is 79.9.